The van der Waals surface area contributed by atoms with E-state index in [1.165, 1.54) is 32.1 Å². The first kappa shape index (κ1) is 14.3. The predicted octanol–water partition coefficient (Wildman–Crippen LogP) is 3.88. The van der Waals surface area contributed by atoms with Crippen molar-refractivity contribution < 1.29 is 4.74 Å². The molecule has 0 aromatic rings. The normalized spacial score (nSPS) is 43.7. The fourth-order valence-corrected chi connectivity index (χ4v) is 4.37. The van der Waals surface area contributed by atoms with Gasteiger partial charge in [-0.1, -0.05) is 19.8 Å². The van der Waals surface area contributed by atoms with Gasteiger partial charge in [0.05, 0.1) is 11.2 Å². The second-order valence-corrected chi connectivity index (χ2v) is 7.99. The first-order valence-electron chi connectivity index (χ1n) is 7.64. The first-order valence-corrected chi connectivity index (χ1v) is 7.64. The molecule has 0 bridgehead atoms. The van der Waals surface area contributed by atoms with Gasteiger partial charge in [0.15, 0.2) is 0 Å². The van der Waals surface area contributed by atoms with E-state index < -0.39 is 0 Å². The fourth-order valence-electron chi connectivity index (χ4n) is 4.37. The molecule has 2 fully saturated rings. The zero-order valence-corrected chi connectivity index (χ0v) is 12.9. The Morgan fingerprint density at radius 3 is 2.28 bits per heavy atom. The van der Waals surface area contributed by atoms with Crippen LogP contribution in [0.4, 0.5) is 0 Å². The third kappa shape index (κ3) is 2.75. The lowest BCUT2D eigenvalue weighted by Crippen LogP contribution is -2.53. The van der Waals surface area contributed by atoms with Crippen molar-refractivity contribution in [2.75, 3.05) is 0 Å². The van der Waals surface area contributed by atoms with E-state index in [-0.39, 0.29) is 16.7 Å². The Balaban J connectivity index is 2.19. The van der Waals surface area contributed by atoms with E-state index in [4.69, 9.17) is 10.5 Å². The van der Waals surface area contributed by atoms with Gasteiger partial charge in [-0.3, -0.25) is 0 Å². The van der Waals surface area contributed by atoms with Gasteiger partial charge in [-0.05, 0) is 59.3 Å². The Labute approximate surface area is 113 Å². The van der Waals surface area contributed by atoms with Gasteiger partial charge < -0.3 is 10.5 Å². The van der Waals surface area contributed by atoms with Crippen molar-refractivity contribution in [3.8, 4) is 0 Å². The molecule has 1 saturated heterocycles. The molecule has 0 amide bonds. The lowest BCUT2D eigenvalue weighted by atomic mass is 9.69. The molecule has 0 aromatic heterocycles. The maximum Gasteiger partial charge on any atom is 0.0680 e. The van der Waals surface area contributed by atoms with Gasteiger partial charge in [0.2, 0.25) is 0 Å². The van der Waals surface area contributed by atoms with Crippen LogP contribution in [0.25, 0.3) is 0 Å². The number of hydrogen-bond acceptors (Lipinski definition) is 2. The highest BCUT2D eigenvalue weighted by Gasteiger charge is 2.53. The van der Waals surface area contributed by atoms with Gasteiger partial charge in [0.25, 0.3) is 0 Å². The fraction of sp³-hybridized carbons (Fsp3) is 1.00. The van der Waals surface area contributed by atoms with Gasteiger partial charge in [-0.2, -0.15) is 0 Å². The summed E-state index contributed by atoms with van der Waals surface area (Å²) in [6.07, 6.45) is 7.35. The Morgan fingerprint density at radius 1 is 1.06 bits per heavy atom. The molecule has 106 valence electrons. The molecule has 2 heteroatoms. The molecule has 1 heterocycles. The molecule has 18 heavy (non-hydrogen) atoms. The molecule has 1 aliphatic heterocycles. The number of nitrogens with two attached hydrogens (primary N) is 1. The van der Waals surface area contributed by atoms with E-state index in [1.54, 1.807) is 0 Å². The van der Waals surface area contributed by atoms with E-state index in [0.29, 0.717) is 5.92 Å². The van der Waals surface area contributed by atoms with Crippen LogP contribution in [0, 0.1) is 11.8 Å². The van der Waals surface area contributed by atoms with Crippen LogP contribution in [0.3, 0.4) is 0 Å². The van der Waals surface area contributed by atoms with Crippen LogP contribution in [0.1, 0.15) is 73.1 Å². The molecule has 3 atom stereocenters. The van der Waals surface area contributed by atoms with Crippen LogP contribution in [-0.4, -0.2) is 16.7 Å². The van der Waals surface area contributed by atoms with Crippen LogP contribution in [0.2, 0.25) is 0 Å². The smallest absolute Gasteiger partial charge is 0.0680 e. The monoisotopic (exact) mass is 253 g/mol. The Hall–Kier alpha value is -0.0800. The van der Waals surface area contributed by atoms with E-state index in [2.05, 4.69) is 34.6 Å². The molecule has 2 nitrogen and oxygen atoms in total. The van der Waals surface area contributed by atoms with E-state index in [1.807, 2.05) is 0 Å². The Kier molecular flexibility index (Phi) is 3.57. The van der Waals surface area contributed by atoms with Gasteiger partial charge >= 0.3 is 0 Å². The van der Waals surface area contributed by atoms with Crippen molar-refractivity contribution in [1.82, 2.24) is 0 Å². The minimum absolute atomic E-state index is 0.0119. The molecular weight excluding hydrogens is 222 g/mol. The lowest BCUT2D eigenvalue weighted by Gasteiger charge is -2.41. The van der Waals surface area contributed by atoms with E-state index >= 15 is 0 Å². The zero-order chi connectivity index (χ0) is 13.6. The summed E-state index contributed by atoms with van der Waals surface area (Å²) in [6, 6.07) is 0. The number of hydrogen-bond donors (Lipinski definition) is 1. The molecule has 0 aromatic carbocycles. The summed E-state index contributed by atoms with van der Waals surface area (Å²) in [5.74, 6) is 1.33. The third-order valence-electron chi connectivity index (χ3n) is 5.21. The van der Waals surface area contributed by atoms with Crippen molar-refractivity contribution in [1.29, 1.82) is 0 Å². The second-order valence-electron chi connectivity index (χ2n) is 7.99. The summed E-state index contributed by atoms with van der Waals surface area (Å²) in [5.41, 5.74) is 6.74. The maximum atomic E-state index is 6.84. The topological polar surface area (TPSA) is 35.2 Å². The molecule has 2 aliphatic rings. The van der Waals surface area contributed by atoms with Crippen molar-refractivity contribution in [2.24, 2.45) is 17.6 Å². The summed E-state index contributed by atoms with van der Waals surface area (Å²) in [4.78, 5) is 0. The molecule has 1 aliphatic carbocycles. The predicted molar refractivity (Wildman–Crippen MR) is 76.5 cm³/mol. The van der Waals surface area contributed by atoms with Crippen molar-refractivity contribution in [3.63, 3.8) is 0 Å². The quantitative estimate of drug-likeness (QED) is 0.720. The SMILES string of the molecule is CC1CCCC(N)(C2CC(C)(C)OC2(C)C)CC1. The highest BCUT2D eigenvalue weighted by Crippen LogP contribution is 2.50. The Bertz CT molecular complexity index is 310. The summed E-state index contributed by atoms with van der Waals surface area (Å²) in [7, 11) is 0. The van der Waals surface area contributed by atoms with E-state index in [9.17, 15) is 0 Å². The third-order valence-corrected chi connectivity index (χ3v) is 5.21. The molecule has 0 radical (unpaired) electrons. The molecular formula is C16H31NO. The first-order chi connectivity index (χ1) is 8.15. The van der Waals surface area contributed by atoms with Gasteiger partial charge in [-0.15, -0.1) is 0 Å². The van der Waals surface area contributed by atoms with E-state index in [0.717, 1.165) is 12.3 Å². The summed E-state index contributed by atoms with van der Waals surface area (Å²) in [6.45, 7) is 11.2. The molecule has 0 spiro atoms. The van der Waals surface area contributed by atoms with Crippen molar-refractivity contribution >= 4 is 0 Å². The summed E-state index contributed by atoms with van der Waals surface area (Å²) in [5, 5.41) is 0. The number of rotatable bonds is 1. The zero-order valence-electron chi connectivity index (χ0n) is 12.9. The molecule has 1 saturated carbocycles. The minimum Gasteiger partial charge on any atom is -0.369 e. The van der Waals surface area contributed by atoms with Crippen molar-refractivity contribution in [3.05, 3.63) is 0 Å². The average Bonchev–Trinajstić information content (AvgIpc) is 2.33. The average molecular weight is 253 g/mol. The van der Waals surface area contributed by atoms with Crippen LogP contribution in [0.15, 0.2) is 0 Å². The molecule has 2 rings (SSSR count). The van der Waals surface area contributed by atoms with Crippen LogP contribution >= 0.6 is 0 Å². The van der Waals surface area contributed by atoms with Crippen LogP contribution in [-0.2, 0) is 4.74 Å². The van der Waals surface area contributed by atoms with Gasteiger partial charge in [0, 0.05) is 11.5 Å². The highest BCUT2D eigenvalue weighted by molar-refractivity contribution is 5.06. The van der Waals surface area contributed by atoms with Crippen molar-refractivity contribution in [2.45, 2.75) is 89.9 Å². The minimum atomic E-state index is -0.0776. The highest BCUT2D eigenvalue weighted by atomic mass is 16.5. The second kappa shape index (κ2) is 4.49. The lowest BCUT2D eigenvalue weighted by molar-refractivity contribution is -0.0828. The summed E-state index contributed by atoms with van der Waals surface area (Å²) >= 11 is 0. The maximum absolute atomic E-state index is 6.84. The molecule has 2 N–H and O–H groups in total. The standard InChI is InChI=1S/C16H31NO/c1-12-7-6-9-16(17,10-8-12)13-11-14(2,3)18-15(13,4)5/h12-13H,6-11,17H2,1-5H3. The van der Waals surface area contributed by atoms with Crippen LogP contribution in [0.5, 0.6) is 0 Å². The molecule has 3 unspecified atom stereocenters. The van der Waals surface area contributed by atoms with Crippen LogP contribution < -0.4 is 5.73 Å². The van der Waals surface area contributed by atoms with Gasteiger partial charge in [-0.25, -0.2) is 0 Å². The number of ether oxygens (including phenoxy) is 1. The largest absolute Gasteiger partial charge is 0.369 e. The summed E-state index contributed by atoms with van der Waals surface area (Å²) < 4.78 is 6.25. The Morgan fingerprint density at radius 2 is 1.72 bits per heavy atom. The van der Waals surface area contributed by atoms with Gasteiger partial charge in [0.1, 0.15) is 0 Å².